The van der Waals surface area contributed by atoms with E-state index in [0.717, 1.165) is 6.42 Å². The lowest BCUT2D eigenvalue weighted by Crippen LogP contribution is -2.78. The quantitative estimate of drug-likeness (QED) is 0.0718. The van der Waals surface area contributed by atoms with E-state index in [0.29, 0.717) is 25.4 Å². The van der Waals surface area contributed by atoms with Gasteiger partial charge in [-0.05, 0) is 55.0 Å². The highest BCUT2D eigenvalue weighted by molar-refractivity contribution is 5.95. The first-order valence-electron chi connectivity index (χ1n) is 22.2. The average molecular weight is 893 g/mol. The van der Waals surface area contributed by atoms with Gasteiger partial charge in [-0.2, -0.15) is 0 Å². The summed E-state index contributed by atoms with van der Waals surface area (Å²) in [5.41, 5.74) is -5.57. The minimum Gasteiger partial charge on any atom is -0.455 e. The van der Waals surface area contributed by atoms with E-state index in [9.17, 15) is 44.4 Å². The van der Waals surface area contributed by atoms with Crippen molar-refractivity contribution in [2.24, 2.45) is 22.7 Å². The molecule has 6 N–H and O–H groups in total. The highest BCUT2D eigenvalue weighted by atomic mass is 16.6. The van der Waals surface area contributed by atoms with Crippen molar-refractivity contribution in [3.8, 4) is 0 Å². The van der Waals surface area contributed by atoms with Crippen LogP contribution in [0.5, 0.6) is 0 Å². The van der Waals surface area contributed by atoms with Crippen LogP contribution < -0.4 is 10.6 Å². The molecule has 16 nitrogen and oxygen atoms in total. The third kappa shape index (κ3) is 9.28. The first kappa shape index (κ1) is 48.9. The zero-order valence-corrected chi connectivity index (χ0v) is 37.5. The fraction of sp³-hybridized carbons (Fsp3) is 0.604. The van der Waals surface area contributed by atoms with E-state index in [1.807, 2.05) is 6.92 Å². The Labute approximate surface area is 374 Å². The van der Waals surface area contributed by atoms with E-state index in [4.69, 9.17) is 23.7 Å². The van der Waals surface area contributed by atoms with Crippen LogP contribution in [0.25, 0.3) is 0 Å². The second-order valence-corrected chi connectivity index (χ2v) is 18.3. The third-order valence-electron chi connectivity index (χ3n) is 14.2. The molecule has 2 aromatic carbocycles. The van der Waals surface area contributed by atoms with Crippen molar-refractivity contribution in [2.45, 2.75) is 121 Å². The van der Waals surface area contributed by atoms with Crippen molar-refractivity contribution in [1.29, 1.82) is 0 Å². The number of aliphatic hydroxyl groups excluding tert-OH is 2. The summed E-state index contributed by atoms with van der Waals surface area (Å²) in [5.74, 6) is -5.93. The number of carbonyl (C=O) groups is 5. The van der Waals surface area contributed by atoms with Crippen LogP contribution in [0.3, 0.4) is 0 Å². The molecule has 3 aliphatic carbocycles. The maximum absolute atomic E-state index is 14.8. The maximum Gasteiger partial charge on any atom is 0.350 e. The highest BCUT2D eigenvalue weighted by Crippen LogP contribution is 2.64. The Morgan fingerprint density at radius 2 is 1.55 bits per heavy atom. The number of fused-ring (bicyclic) bond motifs is 5. The molecule has 64 heavy (non-hydrogen) atoms. The van der Waals surface area contributed by atoms with Crippen LogP contribution in [0.15, 0.2) is 71.8 Å². The summed E-state index contributed by atoms with van der Waals surface area (Å²) < 4.78 is 28.6. The number of carbonyl (C=O) groups excluding carboxylic acids is 5. The third-order valence-corrected chi connectivity index (χ3v) is 14.2. The minimum atomic E-state index is -1.89. The van der Waals surface area contributed by atoms with Crippen molar-refractivity contribution < 1.29 is 68.1 Å². The molecule has 0 spiro atoms. The molecule has 6 rings (SSSR count). The van der Waals surface area contributed by atoms with Crippen LogP contribution in [-0.2, 0) is 42.9 Å². The summed E-state index contributed by atoms with van der Waals surface area (Å²) in [6, 6.07) is 15.2. The fourth-order valence-corrected chi connectivity index (χ4v) is 10.6. The number of benzene rings is 2. The van der Waals surface area contributed by atoms with Crippen LogP contribution in [0.4, 0.5) is 0 Å². The lowest BCUT2D eigenvalue weighted by molar-refractivity contribution is -0.335. The predicted molar refractivity (Wildman–Crippen MR) is 230 cm³/mol. The van der Waals surface area contributed by atoms with E-state index in [2.05, 4.69) is 10.6 Å². The summed E-state index contributed by atoms with van der Waals surface area (Å²) in [7, 11) is 0. The first-order valence-corrected chi connectivity index (χ1v) is 22.2. The average Bonchev–Trinajstić information content (AvgIpc) is 3.27. The molecule has 4 aliphatic rings. The molecule has 2 saturated carbocycles. The molecule has 1 heterocycles. The molecule has 0 aromatic heterocycles. The van der Waals surface area contributed by atoms with Gasteiger partial charge in [-0.25, -0.2) is 4.79 Å². The summed E-state index contributed by atoms with van der Waals surface area (Å²) in [4.78, 5) is 69.6. The SMILES string of the molecule is CCCOCCOCCNC(=O)CCC(=O)OC(C(=O)OC1CC2(O)C(C)C3C4(O)COC4CC(O)[C@@]3(C)C(=O)C(O)C(=C1C)C2(C)C)C(NC(=O)c1ccccc1)c1ccccc1. The topological polar surface area (TPSA) is 236 Å². The van der Waals surface area contributed by atoms with E-state index in [1.54, 1.807) is 88.4 Å². The maximum atomic E-state index is 14.8. The van der Waals surface area contributed by atoms with Crippen molar-refractivity contribution in [3.05, 3.63) is 82.9 Å². The number of nitrogens with one attached hydrogen (secondary N) is 2. The lowest BCUT2D eigenvalue weighted by Gasteiger charge is -2.67. The number of amides is 2. The monoisotopic (exact) mass is 892 g/mol. The Bertz CT molecular complexity index is 2040. The zero-order valence-electron chi connectivity index (χ0n) is 37.5. The first-order chi connectivity index (χ1) is 30.3. The summed E-state index contributed by atoms with van der Waals surface area (Å²) in [5, 5.41) is 54.3. The van der Waals surface area contributed by atoms with Crippen LogP contribution >= 0.6 is 0 Å². The van der Waals surface area contributed by atoms with Gasteiger partial charge in [0.25, 0.3) is 5.91 Å². The Kier molecular flexibility index (Phi) is 15.2. The Morgan fingerprint density at radius 1 is 0.906 bits per heavy atom. The number of hydrogen-bond donors (Lipinski definition) is 6. The lowest BCUT2D eigenvalue weighted by atomic mass is 9.43. The number of esters is 2. The van der Waals surface area contributed by atoms with Gasteiger partial charge in [0.15, 0.2) is 5.78 Å². The minimum absolute atomic E-state index is 0.0483. The molecule has 1 saturated heterocycles. The van der Waals surface area contributed by atoms with Crippen LogP contribution in [0.1, 0.15) is 95.6 Å². The number of hydrogen-bond acceptors (Lipinski definition) is 14. The largest absolute Gasteiger partial charge is 0.455 e. The van der Waals surface area contributed by atoms with Gasteiger partial charge in [0.05, 0.1) is 56.1 Å². The van der Waals surface area contributed by atoms with Gasteiger partial charge >= 0.3 is 11.9 Å². The van der Waals surface area contributed by atoms with Gasteiger partial charge in [0.1, 0.15) is 23.9 Å². The summed E-state index contributed by atoms with van der Waals surface area (Å²) in [6.07, 6.45) is -7.36. The molecule has 10 unspecified atom stereocenters. The molecule has 2 aromatic rings. The normalized spacial score (nSPS) is 31.4. The second kappa shape index (κ2) is 19.9. The fourth-order valence-electron chi connectivity index (χ4n) is 10.6. The van der Waals surface area contributed by atoms with Crippen LogP contribution in [0, 0.1) is 22.7 Å². The molecule has 0 radical (unpaired) electrons. The van der Waals surface area contributed by atoms with Crippen molar-refractivity contribution in [1.82, 2.24) is 10.6 Å². The zero-order chi connectivity index (χ0) is 46.6. The molecular weight excluding hydrogens is 829 g/mol. The van der Waals surface area contributed by atoms with Crippen molar-refractivity contribution >= 4 is 29.5 Å². The van der Waals surface area contributed by atoms with E-state index >= 15 is 0 Å². The summed E-state index contributed by atoms with van der Waals surface area (Å²) in [6.45, 7) is 11.8. The standard InChI is InChI=1S/C48H64N2O14/c1-7-21-60-23-24-61-22-20-49-35(52)18-19-36(53)64-40(38(30-14-10-8-11-15-30)50-43(56)31-16-12-9-13-17-31)44(57)63-32-26-48(59)29(3)41-46(6,33(51)25-34-47(41,58)27-62-34)42(55)39(54)37(28(32)2)45(48,4)5/h8-17,29,32-34,38-41,51,54,58-59H,7,18-27H2,1-6H3,(H,49,52)(H,50,56)/t29?,32?,33?,34?,38?,39?,40?,41?,46-,47?,48?/m1/s1. The van der Waals surface area contributed by atoms with E-state index in [1.165, 1.54) is 6.92 Å². The number of rotatable bonds is 18. The van der Waals surface area contributed by atoms with Gasteiger partial charge in [-0.15, -0.1) is 0 Å². The van der Waals surface area contributed by atoms with E-state index < -0.39 is 106 Å². The number of Topliss-reactive ketones (excluding diaryl/α,β-unsaturated/α-hetero) is 1. The van der Waals surface area contributed by atoms with Crippen molar-refractivity contribution in [3.63, 3.8) is 0 Å². The smallest absolute Gasteiger partial charge is 0.350 e. The molecular formula is C48H64N2O14. The molecule has 2 amide bonds. The van der Waals surface area contributed by atoms with Gasteiger partial charge in [0, 0.05) is 49.3 Å². The van der Waals surface area contributed by atoms with Gasteiger partial charge < -0.3 is 54.7 Å². The highest BCUT2D eigenvalue weighted by Gasteiger charge is 2.74. The Balaban J connectivity index is 1.30. The number of ether oxygens (including phenoxy) is 5. The number of ketones is 1. The Hall–Kier alpha value is -4.55. The van der Waals surface area contributed by atoms with Crippen molar-refractivity contribution in [2.75, 3.05) is 39.6 Å². The molecule has 2 bridgehead atoms. The van der Waals surface area contributed by atoms with Gasteiger partial charge in [-0.3, -0.25) is 19.2 Å². The molecule has 3 fully saturated rings. The Morgan fingerprint density at radius 3 is 2.17 bits per heavy atom. The summed E-state index contributed by atoms with van der Waals surface area (Å²) >= 11 is 0. The second-order valence-electron chi connectivity index (χ2n) is 18.3. The number of aliphatic hydroxyl groups is 4. The molecule has 350 valence electrons. The van der Waals surface area contributed by atoms with Gasteiger partial charge in [-0.1, -0.05) is 76.2 Å². The molecule has 11 atom stereocenters. The van der Waals surface area contributed by atoms with Crippen LogP contribution in [-0.4, -0.2) is 131 Å². The predicted octanol–water partition coefficient (Wildman–Crippen LogP) is 2.90. The molecule has 16 heteroatoms. The van der Waals surface area contributed by atoms with E-state index in [-0.39, 0.29) is 55.7 Å². The molecule has 1 aliphatic heterocycles. The van der Waals surface area contributed by atoms with Crippen LogP contribution in [0.2, 0.25) is 0 Å². The van der Waals surface area contributed by atoms with Gasteiger partial charge in [0.2, 0.25) is 12.0 Å².